The van der Waals surface area contributed by atoms with Gasteiger partial charge in [-0.1, -0.05) is 0 Å². The molecule has 1 saturated heterocycles. The zero-order chi connectivity index (χ0) is 14.0. The van der Waals surface area contributed by atoms with Crippen LogP contribution in [0, 0.1) is 5.82 Å². The second-order valence-corrected chi connectivity index (χ2v) is 4.38. The molecule has 0 bridgehead atoms. The molecule has 19 heavy (non-hydrogen) atoms. The van der Waals surface area contributed by atoms with E-state index in [2.05, 4.69) is 5.32 Å². The number of nitrogen functional groups attached to an aromatic ring is 1. The van der Waals surface area contributed by atoms with Gasteiger partial charge in [0.2, 0.25) is 5.91 Å². The fourth-order valence-corrected chi connectivity index (χ4v) is 2.04. The van der Waals surface area contributed by atoms with Crippen LogP contribution in [0.1, 0.15) is 16.8 Å². The summed E-state index contributed by atoms with van der Waals surface area (Å²) in [6.45, 7) is 1.10. The van der Waals surface area contributed by atoms with E-state index in [1.54, 1.807) is 4.90 Å². The second kappa shape index (κ2) is 5.13. The highest BCUT2D eigenvalue weighted by Crippen LogP contribution is 2.25. The fraction of sp³-hybridized carbons (Fsp3) is 0.333. The molecule has 0 aromatic heterocycles. The Kier molecular flexibility index (Phi) is 3.55. The van der Waals surface area contributed by atoms with E-state index >= 15 is 0 Å². The highest BCUT2D eigenvalue weighted by atomic mass is 19.1. The van der Waals surface area contributed by atoms with Crippen LogP contribution in [-0.2, 0) is 4.79 Å². The Morgan fingerprint density at radius 3 is 2.84 bits per heavy atom. The number of primary amides is 1. The summed E-state index contributed by atoms with van der Waals surface area (Å²) in [5.41, 5.74) is 10.9. The average molecular weight is 266 g/mol. The van der Waals surface area contributed by atoms with Gasteiger partial charge in [0, 0.05) is 18.8 Å². The van der Waals surface area contributed by atoms with Crippen molar-refractivity contribution in [2.45, 2.75) is 6.42 Å². The van der Waals surface area contributed by atoms with Crippen LogP contribution in [-0.4, -0.2) is 31.4 Å². The van der Waals surface area contributed by atoms with E-state index in [1.165, 1.54) is 6.07 Å². The lowest BCUT2D eigenvalue weighted by Crippen LogP contribution is -2.33. The van der Waals surface area contributed by atoms with E-state index in [4.69, 9.17) is 11.5 Å². The standard InChI is InChI=1S/C12H15FN4O2/c13-8-5-9(14)7(12(15)19)4-10(8)17-3-1-2-16-11(18)6-17/h4-5H,1-3,6,14H2,(H2,15,19)(H,16,18). The number of hydrogen-bond acceptors (Lipinski definition) is 4. The van der Waals surface area contributed by atoms with Gasteiger partial charge < -0.3 is 21.7 Å². The van der Waals surface area contributed by atoms with Gasteiger partial charge in [0.25, 0.3) is 5.91 Å². The second-order valence-electron chi connectivity index (χ2n) is 4.38. The van der Waals surface area contributed by atoms with Crippen LogP contribution in [0.15, 0.2) is 12.1 Å². The van der Waals surface area contributed by atoms with Gasteiger partial charge in [-0.3, -0.25) is 9.59 Å². The molecule has 1 fully saturated rings. The molecule has 6 nitrogen and oxygen atoms in total. The minimum Gasteiger partial charge on any atom is -0.398 e. The fourth-order valence-electron chi connectivity index (χ4n) is 2.04. The lowest BCUT2D eigenvalue weighted by atomic mass is 10.1. The molecule has 102 valence electrons. The van der Waals surface area contributed by atoms with Crippen molar-refractivity contribution in [2.75, 3.05) is 30.3 Å². The predicted molar refractivity (Wildman–Crippen MR) is 69.2 cm³/mol. The summed E-state index contributed by atoms with van der Waals surface area (Å²) >= 11 is 0. The first-order chi connectivity index (χ1) is 8.99. The molecule has 0 aliphatic carbocycles. The van der Waals surface area contributed by atoms with Crippen molar-refractivity contribution >= 4 is 23.2 Å². The number of nitrogens with two attached hydrogens (primary N) is 2. The Balaban J connectivity index is 2.40. The summed E-state index contributed by atoms with van der Waals surface area (Å²) in [4.78, 5) is 24.3. The molecule has 0 saturated carbocycles. The Labute approximate surface area is 109 Å². The van der Waals surface area contributed by atoms with Crippen molar-refractivity contribution in [1.82, 2.24) is 5.32 Å². The Bertz CT molecular complexity index is 533. The van der Waals surface area contributed by atoms with Gasteiger partial charge in [-0.2, -0.15) is 0 Å². The number of benzene rings is 1. The molecule has 1 aromatic carbocycles. The molecule has 0 atom stereocenters. The van der Waals surface area contributed by atoms with Crippen LogP contribution in [0.3, 0.4) is 0 Å². The SMILES string of the molecule is NC(=O)c1cc(N2CCCNC(=O)C2)c(F)cc1N. The average Bonchev–Trinajstić information content (AvgIpc) is 2.53. The maximum absolute atomic E-state index is 13.9. The molecule has 2 rings (SSSR count). The maximum Gasteiger partial charge on any atom is 0.250 e. The van der Waals surface area contributed by atoms with Crippen LogP contribution in [0.2, 0.25) is 0 Å². The van der Waals surface area contributed by atoms with Crippen molar-refractivity contribution in [2.24, 2.45) is 5.73 Å². The predicted octanol–water partition coefficient (Wildman–Crippen LogP) is -0.167. The molecule has 1 aliphatic heterocycles. The van der Waals surface area contributed by atoms with Crippen molar-refractivity contribution in [3.63, 3.8) is 0 Å². The molecule has 2 amide bonds. The quantitative estimate of drug-likeness (QED) is 0.647. The molecule has 1 aromatic rings. The molecular weight excluding hydrogens is 251 g/mol. The Morgan fingerprint density at radius 1 is 1.42 bits per heavy atom. The number of carbonyl (C=O) groups excluding carboxylic acids is 2. The number of anilines is 2. The number of halogens is 1. The van der Waals surface area contributed by atoms with E-state index in [9.17, 15) is 14.0 Å². The van der Waals surface area contributed by atoms with Crippen molar-refractivity contribution < 1.29 is 14.0 Å². The minimum absolute atomic E-state index is 0.00646. The van der Waals surface area contributed by atoms with E-state index in [0.29, 0.717) is 19.5 Å². The van der Waals surface area contributed by atoms with E-state index in [1.807, 2.05) is 0 Å². The summed E-state index contributed by atoms with van der Waals surface area (Å²) in [6, 6.07) is 2.35. The molecule has 5 N–H and O–H groups in total. The topological polar surface area (TPSA) is 101 Å². The third-order valence-corrected chi connectivity index (χ3v) is 2.99. The number of carbonyl (C=O) groups is 2. The Morgan fingerprint density at radius 2 is 2.16 bits per heavy atom. The molecular formula is C12H15FN4O2. The van der Waals surface area contributed by atoms with Crippen molar-refractivity contribution in [3.05, 3.63) is 23.5 Å². The van der Waals surface area contributed by atoms with Gasteiger partial charge in [0.05, 0.1) is 17.8 Å². The number of amides is 2. The van der Waals surface area contributed by atoms with Gasteiger partial charge in [0.1, 0.15) is 5.82 Å². The summed E-state index contributed by atoms with van der Waals surface area (Å²) < 4.78 is 13.9. The van der Waals surface area contributed by atoms with Crippen LogP contribution < -0.4 is 21.7 Å². The molecule has 1 aliphatic rings. The van der Waals surface area contributed by atoms with Gasteiger partial charge in [0.15, 0.2) is 0 Å². The van der Waals surface area contributed by atoms with Gasteiger partial charge in [-0.15, -0.1) is 0 Å². The first-order valence-electron chi connectivity index (χ1n) is 5.89. The third-order valence-electron chi connectivity index (χ3n) is 2.99. The first kappa shape index (κ1) is 13.1. The van der Waals surface area contributed by atoms with Crippen molar-refractivity contribution in [3.8, 4) is 0 Å². The number of hydrogen-bond donors (Lipinski definition) is 3. The van der Waals surface area contributed by atoms with Crippen LogP contribution in [0.5, 0.6) is 0 Å². The molecule has 0 spiro atoms. The largest absolute Gasteiger partial charge is 0.398 e. The highest BCUT2D eigenvalue weighted by Gasteiger charge is 2.20. The van der Waals surface area contributed by atoms with Gasteiger partial charge >= 0.3 is 0 Å². The van der Waals surface area contributed by atoms with Crippen LogP contribution in [0.25, 0.3) is 0 Å². The molecule has 0 radical (unpaired) electrons. The van der Waals surface area contributed by atoms with Crippen molar-refractivity contribution in [1.29, 1.82) is 0 Å². The lowest BCUT2D eigenvalue weighted by Gasteiger charge is -2.22. The summed E-state index contributed by atoms with van der Waals surface area (Å²) in [5, 5.41) is 2.69. The summed E-state index contributed by atoms with van der Waals surface area (Å²) in [7, 11) is 0. The molecule has 0 unspecified atom stereocenters. The Hall–Kier alpha value is -2.31. The maximum atomic E-state index is 13.9. The smallest absolute Gasteiger partial charge is 0.250 e. The highest BCUT2D eigenvalue weighted by molar-refractivity contribution is 5.99. The summed E-state index contributed by atoms with van der Waals surface area (Å²) in [5.74, 6) is -1.48. The van der Waals surface area contributed by atoms with E-state index in [-0.39, 0.29) is 29.4 Å². The number of rotatable bonds is 2. The monoisotopic (exact) mass is 266 g/mol. The van der Waals surface area contributed by atoms with E-state index < -0.39 is 11.7 Å². The van der Waals surface area contributed by atoms with Gasteiger partial charge in [-0.25, -0.2) is 4.39 Å². The lowest BCUT2D eigenvalue weighted by molar-refractivity contribution is -0.119. The first-order valence-corrected chi connectivity index (χ1v) is 5.89. The molecule has 1 heterocycles. The third kappa shape index (κ3) is 2.75. The zero-order valence-corrected chi connectivity index (χ0v) is 10.3. The van der Waals surface area contributed by atoms with Crippen LogP contribution >= 0.6 is 0 Å². The zero-order valence-electron chi connectivity index (χ0n) is 10.3. The number of nitrogens with one attached hydrogen (secondary N) is 1. The van der Waals surface area contributed by atoms with Crippen LogP contribution in [0.4, 0.5) is 15.8 Å². The minimum atomic E-state index is -0.724. The normalized spacial score (nSPS) is 15.8. The van der Waals surface area contributed by atoms with Gasteiger partial charge in [-0.05, 0) is 18.6 Å². The van der Waals surface area contributed by atoms with E-state index in [0.717, 1.165) is 6.07 Å². The molecule has 7 heteroatoms. The number of nitrogens with zero attached hydrogens (tertiary/aromatic N) is 1. The summed E-state index contributed by atoms with van der Waals surface area (Å²) in [6.07, 6.45) is 0.696.